The average Bonchev–Trinajstić information content (AvgIpc) is 2.67. The molecule has 1 aromatic heterocycles. The Morgan fingerprint density at radius 3 is 2.43 bits per heavy atom. The van der Waals surface area contributed by atoms with Crippen LogP contribution in [0.15, 0.2) is 29.0 Å². The molecule has 14 heavy (non-hydrogen) atoms. The van der Waals surface area contributed by atoms with Gasteiger partial charge in [0.2, 0.25) is 0 Å². The summed E-state index contributed by atoms with van der Waals surface area (Å²) < 4.78 is 4.71. The summed E-state index contributed by atoms with van der Waals surface area (Å²) in [5.74, 6) is 0. The lowest BCUT2D eigenvalue weighted by atomic mass is 10.1. The van der Waals surface area contributed by atoms with Crippen molar-refractivity contribution in [1.29, 1.82) is 0 Å². The second-order valence-corrected chi connectivity index (χ2v) is 3.77. The SMILES string of the molecule is Clc1ccc(-c2ccon2)c(Cl)c1Cl. The third kappa shape index (κ3) is 1.61. The second-order valence-electron chi connectivity index (χ2n) is 2.61. The third-order valence-corrected chi connectivity index (χ3v) is 3.04. The first-order chi connectivity index (χ1) is 6.70. The number of benzene rings is 1. The quantitative estimate of drug-likeness (QED) is 0.703. The summed E-state index contributed by atoms with van der Waals surface area (Å²) in [4.78, 5) is 0. The molecule has 0 saturated carbocycles. The normalized spacial score (nSPS) is 10.5. The minimum atomic E-state index is 0.328. The molecule has 0 bridgehead atoms. The molecule has 0 fully saturated rings. The molecule has 0 aliphatic heterocycles. The zero-order valence-corrected chi connectivity index (χ0v) is 9.07. The Labute approximate surface area is 95.4 Å². The van der Waals surface area contributed by atoms with Crippen LogP contribution in [0.3, 0.4) is 0 Å². The van der Waals surface area contributed by atoms with E-state index < -0.39 is 0 Å². The summed E-state index contributed by atoms with van der Waals surface area (Å²) >= 11 is 17.7. The van der Waals surface area contributed by atoms with E-state index >= 15 is 0 Å². The summed E-state index contributed by atoms with van der Waals surface area (Å²) in [5.41, 5.74) is 1.34. The van der Waals surface area contributed by atoms with E-state index in [9.17, 15) is 0 Å². The topological polar surface area (TPSA) is 26.0 Å². The highest BCUT2D eigenvalue weighted by molar-refractivity contribution is 6.49. The van der Waals surface area contributed by atoms with Crippen LogP contribution in [0.2, 0.25) is 15.1 Å². The molecule has 0 unspecified atom stereocenters. The zero-order valence-electron chi connectivity index (χ0n) is 6.80. The molecule has 1 aromatic carbocycles. The maximum absolute atomic E-state index is 5.99. The van der Waals surface area contributed by atoms with Crippen LogP contribution >= 0.6 is 34.8 Å². The van der Waals surface area contributed by atoms with E-state index in [-0.39, 0.29) is 0 Å². The van der Waals surface area contributed by atoms with Gasteiger partial charge in [-0.25, -0.2) is 0 Å². The first-order valence-electron chi connectivity index (χ1n) is 3.74. The average molecular weight is 248 g/mol. The molecular formula is C9H4Cl3NO. The summed E-state index contributed by atoms with van der Waals surface area (Å²) in [6.07, 6.45) is 1.47. The first kappa shape index (κ1) is 9.84. The van der Waals surface area contributed by atoms with Gasteiger partial charge in [0, 0.05) is 11.6 Å². The van der Waals surface area contributed by atoms with Gasteiger partial charge in [-0.2, -0.15) is 0 Å². The minimum absolute atomic E-state index is 0.328. The maximum atomic E-state index is 5.99. The lowest BCUT2D eigenvalue weighted by Crippen LogP contribution is -1.81. The van der Waals surface area contributed by atoms with E-state index in [4.69, 9.17) is 39.3 Å². The molecule has 5 heteroatoms. The van der Waals surface area contributed by atoms with Crippen molar-refractivity contribution in [2.45, 2.75) is 0 Å². The van der Waals surface area contributed by atoms with Crippen LogP contribution in [0.5, 0.6) is 0 Å². The molecule has 2 nitrogen and oxygen atoms in total. The molecule has 0 atom stereocenters. The van der Waals surface area contributed by atoms with E-state index in [0.717, 1.165) is 0 Å². The van der Waals surface area contributed by atoms with Gasteiger partial charge >= 0.3 is 0 Å². The molecule has 0 radical (unpaired) electrons. The van der Waals surface area contributed by atoms with Crippen molar-refractivity contribution in [3.8, 4) is 11.3 Å². The Hall–Kier alpha value is -0.700. The molecule has 0 N–H and O–H groups in total. The number of hydrogen-bond donors (Lipinski definition) is 0. The Morgan fingerprint density at radius 1 is 1.00 bits per heavy atom. The molecule has 1 heterocycles. The summed E-state index contributed by atoms with van der Waals surface area (Å²) in [6, 6.07) is 5.11. The van der Waals surface area contributed by atoms with Crippen molar-refractivity contribution in [2.75, 3.05) is 0 Å². The van der Waals surface area contributed by atoms with Gasteiger partial charge in [-0.3, -0.25) is 0 Å². The highest BCUT2D eigenvalue weighted by atomic mass is 35.5. The monoisotopic (exact) mass is 247 g/mol. The molecule has 0 aliphatic carbocycles. The van der Waals surface area contributed by atoms with E-state index in [1.807, 2.05) is 0 Å². The summed E-state index contributed by atoms with van der Waals surface area (Å²) in [6.45, 7) is 0. The van der Waals surface area contributed by atoms with Gasteiger partial charge in [0.1, 0.15) is 12.0 Å². The Bertz CT molecular complexity index is 453. The van der Waals surface area contributed by atoms with Crippen molar-refractivity contribution in [3.05, 3.63) is 39.5 Å². The van der Waals surface area contributed by atoms with Gasteiger partial charge in [0.05, 0.1) is 15.1 Å². The number of rotatable bonds is 1. The van der Waals surface area contributed by atoms with Crippen molar-refractivity contribution in [1.82, 2.24) is 5.16 Å². The molecule has 72 valence electrons. The van der Waals surface area contributed by atoms with Crippen molar-refractivity contribution < 1.29 is 4.52 Å². The molecule has 0 spiro atoms. The number of hydrogen-bond acceptors (Lipinski definition) is 2. The van der Waals surface area contributed by atoms with Crippen LogP contribution < -0.4 is 0 Å². The molecule has 2 rings (SSSR count). The molecule has 0 saturated heterocycles. The fourth-order valence-electron chi connectivity index (χ4n) is 1.08. The van der Waals surface area contributed by atoms with E-state index in [2.05, 4.69) is 5.16 Å². The van der Waals surface area contributed by atoms with Crippen LogP contribution in [0.4, 0.5) is 0 Å². The lowest BCUT2D eigenvalue weighted by Gasteiger charge is -2.03. The smallest absolute Gasteiger partial charge is 0.124 e. The van der Waals surface area contributed by atoms with Crippen LogP contribution in [0.25, 0.3) is 11.3 Å². The molecule has 0 amide bonds. The van der Waals surface area contributed by atoms with Crippen LogP contribution in [-0.2, 0) is 0 Å². The van der Waals surface area contributed by atoms with Crippen LogP contribution in [0.1, 0.15) is 0 Å². The van der Waals surface area contributed by atoms with Crippen molar-refractivity contribution in [2.24, 2.45) is 0 Å². The Morgan fingerprint density at radius 2 is 1.79 bits per heavy atom. The largest absolute Gasteiger partial charge is 0.364 e. The number of halogens is 3. The molecule has 2 aromatic rings. The fourth-order valence-corrected chi connectivity index (χ4v) is 1.71. The number of nitrogens with zero attached hydrogens (tertiary/aromatic N) is 1. The van der Waals surface area contributed by atoms with E-state index in [1.54, 1.807) is 18.2 Å². The standard InChI is InChI=1S/C9H4Cl3NO/c10-6-2-1-5(8(11)9(6)12)7-3-4-14-13-7/h1-4H. The second kappa shape index (κ2) is 3.81. The predicted molar refractivity (Wildman–Crippen MR) is 57.0 cm³/mol. The fraction of sp³-hybridized carbons (Fsp3) is 0. The summed E-state index contributed by atoms with van der Waals surface area (Å²) in [5, 5.41) is 4.89. The van der Waals surface area contributed by atoms with Crippen molar-refractivity contribution >= 4 is 34.8 Å². The van der Waals surface area contributed by atoms with Gasteiger partial charge in [-0.1, -0.05) is 40.0 Å². The number of aromatic nitrogens is 1. The predicted octanol–water partition coefficient (Wildman–Crippen LogP) is 4.30. The van der Waals surface area contributed by atoms with Gasteiger partial charge < -0.3 is 4.52 Å². The van der Waals surface area contributed by atoms with E-state index in [1.165, 1.54) is 6.26 Å². The lowest BCUT2D eigenvalue weighted by molar-refractivity contribution is 0.422. The maximum Gasteiger partial charge on any atom is 0.124 e. The Kier molecular flexibility index (Phi) is 2.68. The highest BCUT2D eigenvalue weighted by Gasteiger charge is 2.11. The van der Waals surface area contributed by atoms with Crippen molar-refractivity contribution in [3.63, 3.8) is 0 Å². The van der Waals surface area contributed by atoms with Gasteiger partial charge in [-0.05, 0) is 12.1 Å². The summed E-state index contributed by atoms with van der Waals surface area (Å²) in [7, 11) is 0. The van der Waals surface area contributed by atoms with Gasteiger partial charge in [0.15, 0.2) is 0 Å². The minimum Gasteiger partial charge on any atom is -0.364 e. The Balaban J connectivity index is 2.61. The molecular weight excluding hydrogens is 244 g/mol. The van der Waals surface area contributed by atoms with Crippen LogP contribution in [0, 0.1) is 0 Å². The van der Waals surface area contributed by atoms with Gasteiger partial charge in [0.25, 0.3) is 0 Å². The third-order valence-electron chi connectivity index (χ3n) is 1.75. The zero-order chi connectivity index (χ0) is 10.1. The highest BCUT2D eigenvalue weighted by Crippen LogP contribution is 2.37. The first-order valence-corrected chi connectivity index (χ1v) is 4.88. The van der Waals surface area contributed by atoms with Crippen LogP contribution in [-0.4, -0.2) is 5.16 Å². The van der Waals surface area contributed by atoms with Gasteiger partial charge in [-0.15, -0.1) is 0 Å². The van der Waals surface area contributed by atoms with E-state index in [0.29, 0.717) is 26.3 Å². The molecule has 0 aliphatic rings.